The van der Waals surface area contributed by atoms with Crippen molar-refractivity contribution in [3.8, 4) is 0 Å². The number of nitrogens with one attached hydrogen (secondary N) is 1. The Bertz CT molecular complexity index is 680. The van der Waals surface area contributed by atoms with Crippen LogP contribution in [-0.4, -0.2) is 29.6 Å². The van der Waals surface area contributed by atoms with Crippen LogP contribution in [0.15, 0.2) is 11.6 Å². The highest BCUT2D eigenvalue weighted by molar-refractivity contribution is 5.85. The van der Waals surface area contributed by atoms with E-state index in [0.29, 0.717) is 35.5 Å². The summed E-state index contributed by atoms with van der Waals surface area (Å²) in [5.74, 6) is 3.20. The predicted octanol–water partition coefficient (Wildman–Crippen LogP) is 4.49. The summed E-state index contributed by atoms with van der Waals surface area (Å²) >= 11 is 0. The molecule has 28 heavy (non-hydrogen) atoms. The number of ketones is 1. The van der Waals surface area contributed by atoms with Gasteiger partial charge in [0, 0.05) is 18.4 Å². The number of hydrogen-bond donors (Lipinski definition) is 2. The van der Waals surface area contributed by atoms with E-state index in [4.69, 9.17) is 0 Å². The van der Waals surface area contributed by atoms with E-state index in [1.807, 2.05) is 0 Å². The highest BCUT2D eigenvalue weighted by Gasteiger charge is 2.63. The van der Waals surface area contributed by atoms with Crippen molar-refractivity contribution in [2.24, 2.45) is 40.4 Å². The fourth-order valence-electron chi connectivity index (χ4n) is 8.68. The molecular weight excluding hydrogens is 346 g/mol. The van der Waals surface area contributed by atoms with Crippen LogP contribution >= 0.6 is 0 Å². The molecule has 2 N–H and O–H groups in total. The quantitative estimate of drug-likeness (QED) is 0.654. The number of Topliss-reactive ketones (excluding diaryl/α,β-unsaturated/α-hetero) is 1. The van der Waals surface area contributed by atoms with Crippen molar-refractivity contribution in [2.45, 2.75) is 90.7 Å². The molecule has 0 spiro atoms. The highest BCUT2D eigenvalue weighted by Crippen LogP contribution is 2.67. The van der Waals surface area contributed by atoms with Crippen LogP contribution in [0.4, 0.5) is 0 Å². The van der Waals surface area contributed by atoms with Crippen LogP contribution in [-0.2, 0) is 4.79 Å². The number of carbonyl (C=O) groups is 1. The monoisotopic (exact) mass is 385 g/mol. The molecule has 4 aliphatic carbocycles. The average molecular weight is 386 g/mol. The smallest absolute Gasteiger partial charge is 0.138 e. The zero-order chi connectivity index (χ0) is 19.7. The molecule has 3 nitrogen and oxygen atoms in total. The summed E-state index contributed by atoms with van der Waals surface area (Å²) in [7, 11) is 0. The molecule has 0 aromatic heterocycles. The van der Waals surface area contributed by atoms with Gasteiger partial charge in [0.15, 0.2) is 0 Å². The third kappa shape index (κ3) is 2.64. The Balaban J connectivity index is 1.49. The third-order valence-electron chi connectivity index (χ3n) is 10.1. The fourth-order valence-corrected chi connectivity index (χ4v) is 8.68. The predicted molar refractivity (Wildman–Crippen MR) is 112 cm³/mol. The fraction of sp³-hybridized carbons (Fsp3) is 0.880. The molecule has 0 amide bonds. The minimum Gasteiger partial charge on any atom is -0.393 e. The number of fused-ring (bicyclic) bond motifs is 5. The molecule has 3 heteroatoms. The van der Waals surface area contributed by atoms with Crippen LogP contribution in [0.1, 0.15) is 78.6 Å². The molecule has 1 aliphatic heterocycles. The van der Waals surface area contributed by atoms with Gasteiger partial charge < -0.3 is 10.4 Å². The van der Waals surface area contributed by atoms with Gasteiger partial charge in [0.1, 0.15) is 5.78 Å². The van der Waals surface area contributed by atoms with E-state index in [-0.39, 0.29) is 22.9 Å². The van der Waals surface area contributed by atoms with E-state index in [9.17, 15) is 9.90 Å². The largest absolute Gasteiger partial charge is 0.393 e. The Hall–Kier alpha value is -0.670. The molecule has 0 radical (unpaired) electrons. The van der Waals surface area contributed by atoms with Crippen LogP contribution in [0, 0.1) is 40.4 Å². The molecule has 5 rings (SSSR count). The summed E-state index contributed by atoms with van der Waals surface area (Å²) in [5.41, 5.74) is 1.96. The van der Waals surface area contributed by atoms with Gasteiger partial charge in [0.05, 0.1) is 6.10 Å². The van der Waals surface area contributed by atoms with Gasteiger partial charge in [-0.05, 0) is 86.0 Å². The highest BCUT2D eigenvalue weighted by atomic mass is 16.3. The van der Waals surface area contributed by atoms with Gasteiger partial charge in [-0.1, -0.05) is 38.8 Å². The minimum absolute atomic E-state index is 0.147. The summed E-state index contributed by atoms with van der Waals surface area (Å²) < 4.78 is 0. The molecular formula is C25H39NO2. The third-order valence-corrected chi connectivity index (χ3v) is 10.1. The minimum atomic E-state index is -0.147. The second kappa shape index (κ2) is 6.67. The number of piperidine rings is 1. The Labute approximate surface area is 170 Å². The first-order chi connectivity index (χ1) is 13.3. The molecule has 4 unspecified atom stereocenters. The van der Waals surface area contributed by atoms with Crippen molar-refractivity contribution >= 4 is 5.78 Å². The van der Waals surface area contributed by atoms with Crippen molar-refractivity contribution in [1.82, 2.24) is 5.32 Å². The summed E-state index contributed by atoms with van der Waals surface area (Å²) in [6, 6.07) is 0.415. The lowest BCUT2D eigenvalue weighted by Gasteiger charge is -2.59. The normalized spacial score (nSPS) is 53.8. The van der Waals surface area contributed by atoms with Crippen molar-refractivity contribution in [3.63, 3.8) is 0 Å². The van der Waals surface area contributed by atoms with Crippen molar-refractivity contribution in [3.05, 3.63) is 11.6 Å². The van der Waals surface area contributed by atoms with Crippen molar-refractivity contribution in [1.29, 1.82) is 0 Å². The molecule has 3 saturated carbocycles. The van der Waals surface area contributed by atoms with E-state index in [1.54, 1.807) is 0 Å². The van der Waals surface area contributed by atoms with Gasteiger partial charge in [0.2, 0.25) is 0 Å². The Morgan fingerprint density at radius 2 is 1.89 bits per heavy atom. The maximum absolute atomic E-state index is 13.3. The summed E-state index contributed by atoms with van der Waals surface area (Å²) in [4.78, 5) is 13.3. The van der Waals surface area contributed by atoms with E-state index in [0.717, 1.165) is 32.2 Å². The topological polar surface area (TPSA) is 49.3 Å². The Kier molecular flexibility index (Phi) is 4.60. The molecule has 5 aliphatic rings. The van der Waals surface area contributed by atoms with Gasteiger partial charge in [-0.25, -0.2) is 0 Å². The first-order valence-electron chi connectivity index (χ1n) is 12.0. The van der Waals surface area contributed by atoms with Crippen LogP contribution < -0.4 is 5.32 Å². The Morgan fingerprint density at radius 1 is 1.07 bits per heavy atom. The first kappa shape index (κ1) is 19.3. The average Bonchev–Trinajstić information content (AvgIpc) is 2.94. The van der Waals surface area contributed by atoms with E-state index in [2.05, 4.69) is 32.2 Å². The number of carbonyl (C=O) groups excluding carboxylic acids is 1. The molecule has 9 atom stereocenters. The van der Waals surface area contributed by atoms with Crippen LogP contribution in [0.5, 0.6) is 0 Å². The molecule has 0 aromatic rings. The Morgan fingerprint density at radius 3 is 2.64 bits per heavy atom. The second-order valence-corrected chi connectivity index (χ2v) is 11.4. The van der Waals surface area contributed by atoms with Crippen LogP contribution in [0.2, 0.25) is 0 Å². The van der Waals surface area contributed by atoms with Gasteiger partial charge in [0.25, 0.3) is 0 Å². The number of allylic oxidation sites excluding steroid dienone is 1. The van der Waals surface area contributed by atoms with Crippen molar-refractivity contribution < 1.29 is 9.90 Å². The maximum Gasteiger partial charge on any atom is 0.138 e. The van der Waals surface area contributed by atoms with Gasteiger partial charge in [-0.3, -0.25) is 4.79 Å². The number of aliphatic hydroxyl groups excluding tert-OH is 1. The number of aliphatic hydroxyl groups is 1. The summed E-state index contributed by atoms with van der Waals surface area (Å²) in [5, 5.41) is 14.0. The van der Waals surface area contributed by atoms with Crippen LogP contribution in [0.25, 0.3) is 0 Å². The standard InChI is InChI=1S/C25H39NO2/c1-15-12-16-13-17(27)7-9-24(16,2)18-8-10-25(3)19(22(15)18)14-21(28)23(25)20-6-4-5-11-26-20/h12,15,17-20,22-23,26-27H,4-11,13-14H2,1-3H3/t15?,17?,18-,19+,20?,22-,23?,24+,25+/m1/s1. The molecule has 1 saturated heterocycles. The van der Waals surface area contributed by atoms with E-state index >= 15 is 0 Å². The molecule has 156 valence electrons. The maximum atomic E-state index is 13.3. The first-order valence-corrected chi connectivity index (χ1v) is 12.0. The lowest BCUT2D eigenvalue weighted by molar-refractivity contribution is -0.124. The molecule has 0 aromatic carbocycles. The van der Waals surface area contributed by atoms with Gasteiger partial charge in [-0.15, -0.1) is 0 Å². The second-order valence-electron chi connectivity index (χ2n) is 11.4. The lowest BCUT2D eigenvalue weighted by atomic mass is 9.45. The molecule has 0 bridgehead atoms. The SMILES string of the molecule is CC1C=C2CC(O)CC[C@]2(C)[C@@H]2CC[C@]3(C)C(C4CCCCN4)C(=O)C[C@H]3[C@H]12. The van der Waals surface area contributed by atoms with Gasteiger partial charge >= 0.3 is 0 Å². The molecule has 1 heterocycles. The summed E-state index contributed by atoms with van der Waals surface area (Å²) in [6.45, 7) is 8.43. The van der Waals surface area contributed by atoms with E-state index < -0.39 is 0 Å². The number of hydrogen-bond acceptors (Lipinski definition) is 3. The number of rotatable bonds is 1. The van der Waals surface area contributed by atoms with E-state index in [1.165, 1.54) is 37.7 Å². The lowest BCUT2D eigenvalue weighted by Crippen LogP contribution is -2.55. The molecule has 4 fully saturated rings. The zero-order valence-electron chi connectivity index (χ0n) is 18.0. The summed E-state index contributed by atoms with van der Waals surface area (Å²) in [6.07, 6.45) is 12.3. The zero-order valence-corrected chi connectivity index (χ0v) is 18.0. The van der Waals surface area contributed by atoms with Crippen LogP contribution in [0.3, 0.4) is 0 Å². The van der Waals surface area contributed by atoms with Gasteiger partial charge in [-0.2, -0.15) is 0 Å². The van der Waals surface area contributed by atoms with Crippen molar-refractivity contribution in [2.75, 3.05) is 6.54 Å².